The number of nitriles is 1. The van der Waals surface area contributed by atoms with Crippen LogP contribution >= 0.6 is 0 Å². The van der Waals surface area contributed by atoms with Gasteiger partial charge in [-0.2, -0.15) is 5.26 Å². The molecule has 168 valence electrons. The third-order valence-electron chi connectivity index (χ3n) is 7.67. The van der Waals surface area contributed by atoms with Crippen LogP contribution in [0.5, 0.6) is 0 Å². The summed E-state index contributed by atoms with van der Waals surface area (Å²) in [6, 6.07) is 8.01. The fraction of sp³-hybridized carbons (Fsp3) is 0.565. The van der Waals surface area contributed by atoms with Gasteiger partial charge < -0.3 is 21.3 Å². The number of amides is 3. The highest BCUT2D eigenvalue weighted by atomic mass is 16.2. The number of likely N-dealkylation sites (tertiary alicyclic amines) is 3. The van der Waals surface area contributed by atoms with Crippen molar-refractivity contribution in [1.29, 1.82) is 5.26 Å². The van der Waals surface area contributed by atoms with Crippen molar-refractivity contribution < 1.29 is 14.4 Å². The van der Waals surface area contributed by atoms with E-state index in [9.17, 15) is 19.6 Å². The Morgan fingerprint density at radius 1 is 1.22 bits per heavy atom. The number of hydrogen-bond acceptors (Lipinski definition) is 6. The topological polar surface area (TPSA) is 137 Å². The summed E-state index contributed by atoms with van der Waals surface area (Å²) in [5, 5.41) is 9.36. The van der Waals surface area contributed by atoms with Gasteiger partial charge >= 0.3 is 0 Å². The number of nitrogens with two attached hydrogens (primary N) is 2. The number of carbonyl (C=O) groups excluding carboxylic acids is 3. The number of benzene rings is 1. The van der Waals surface area contributed by atoms with E-state index in [0.717, 1.165) is 24.8 Å². The fourth-order valence-corrected chi connectivity index (χ4v) is 5.90. The number of primary amides is 1. The highest BCUT2D eigenvalue weighted by molar-refractivity contribution is 5.92. The minimum absolute atomic E-state index is 0.0470. The first kappa shape index (κ1) is 20.9. The Morgan fingerprint density at radius 3 is 2.56 bits per heavy atom. The van der Waals surface area contributed by atoms with Crippen molar-refractivity contribution in [1.82, 2.24) is 14.7 Å². The van der Waals surface area contributed by atoms with Gasteiger partial charge in [-0.25, -0.2) is 0 Å². The summed E-state index contributed by atoms with van der Waals surface area (Å²) in [6.45, 7) is 2.99. The first-order valence-electron chi connectivity index (χ1n) is 11.2. The minimum Gasteiger partial charge on any atom is -0.366 e. The minimum atomic E-state index is -0.732. The average Bonchev–Trinajstić information content (AvgIpc) is 3.11. The zero-order valence-electron chi connectivity index (χ0n) is 18.1. The van der Waals surface area contributed by atoms with E-state index < -0.39 is 11.9 Å². The molecule has 32 heavy (non-hydrogen) atoms. The fourth-order valence-electron chi connectivity index (χ4n) is 5.90. The summed E-state index contributed by atoms with van der Waals surface area (Å²) in [6.07, 6.45) is 2.44. The van der Waals surface area contributed by atoms with Gasteiger partial charge in [0, 0.05) is 30.7 Å². The van der Waals surface area contributed by atoms with Gasteiger partial charge in [0.2, 0.25) is 17.7 Å². The van der Waals surface area contributed by atoms with Crippen LogP contribution < -0.4 is 11.5 Å². The van der Waals surface area contributed by atoms with Crippen molar-refractivity contribution >= 4 is 17.7 Å². The monoisotopic (exact) mass is 436 g/mol. The van der Waals surface area contributed by atoms with Crippen LogP contribution in [0.3, 0.4) is 0 Å². The Kier molecular flexibility index (Phi) is 4.95. The molecule has 0 spiro atoms. The number of piperazine rings is 1. The van der Waals surface area contributed by atoms with E-state index in [1.807, 2.05) is 28.9 Å². The van der Waals surface area contributed by atoms with Gasteiger partial charge in [-0.05, 0) is 49.8 Å². The van der Waals surface area contributed by atoms with E-state index in [1.54, 1.807) is 17.0 Å². The van der Waals surface area contributed by atoms with Gasteiger partial charge in [-0.3, -0.25) is 19.3 Å². The molecule has 1 unspecified atom stereocenters. The summed E-state index contributed by atoms with van der Waals surface area (Å²) >= 11 is 0. The number of hydrogen-bond donors (Lipinski definition) is 2. The van der Waals surface area contributed by atoms with Crippen molar-refractivity contribution in [3.8, 4) is 6.07 Å². The largest absolute Gasteiger partial charge is 0.366 e. The van der Waals surface area contributed by atoms with E-state index in [2.05, 4.69) is 6.07 Å². The predicted octanol–water partition coefficient (Wildman–Crippen LogP) is -0.0281. The molecular formula is C23H28N6O3. The van der Waals surface area contributed by atoms with Crippen LogP contribution in [0.25, 0.3) is 0 Å². The molecule has 5 rings (SSSR count). The lowest BCUT2D eigenvalue weighted by Crippen LogP contribution is -2.57. The molecule has 7 atom stereocenters. The van der Waals surface area contributed by atoms with E-state index in [1.165, 1.54) is 0 Å². The van der Waals surface area contributed by atoms with Gasteiger partial charge in [0.1, 0.15) is 6.04 Å². The zero-order valence-corrected chi connectivity index (χ0v) is 18.1. The molecule has 0 radical (unpaired) electrons. The predicted molar refractivity (Wildman–Crippen MR) is 115 cm³/mol. The Bertz CT molecular complexity index is 1000. The van der Waals surface area contributed by atoms with E-state index in [0.29, 0.717) is 24.6 Å². The lowest BCUT2D eigenvalue weighted by Gasteiger charge is -2.38. The first-order chi connectivity index (χ1) is 15.3. The quantitative estimate of drug-likeness (QED) is 0.643. The van der Waals surface area contributed by atoms with E-state index in [-0.39, 0.29) is 42.0 Å². The standard InChI is InChI=1S/C23H28N6O3/c1-12(13-2-4-14(5-3-13)21(26)30)28-17-8-20(23(28)32)27(10-17)11-18(25)22(31)29-16(9-24)6-15-7-19(15)29/h2-5,12,15-20H,6-8,10-11,25H2,1H3,(H2,26,30)/t12-,15?,16-,17+,18-,19-,20+/m0/s1. The maximum absolute atomic E-state index is 13.2. The van der Waals surface area contributed by atoms with Crippen LogP contribution in [0.4, 0.5) is 0 Å². The van der Waals surface area contributed by atoms with Crippen molar-refractivity contribution in [2.75, 3.05) is 13.1 Å². The molecule has 3 heterocycles. The normalized spacial score (nSPS) is 32.5. The third kappa shape index (κ3) is 3.26. The number of nitrogens with zero attached hydrogens (tertiary/aromatic N) is 4. The average molecular weight is 437 g/mol. The lowest BCUT2D eigenvalue weighted by atomic mass is 10.0. The number of piperidine rings is 1. The van der Waals surface area contributed by atoms with Crippen LogP contribution in [0, 0.1) is 17.2 Å². The molecule has 1 aromatic rings. The molecule has 1 aliphatic carbocycles. The third-order valence-corrected chi connectivity index (χ3v) is 7.67. The number of fused-ring (bicyclic) bond motifs is 3. The SMILES string of the molecule is C[C@@H](c1ccc(C(N)=O)cc1)N1C(=O)[C@H]2C[C@@H]1CN2C[C@H](N)C(=O)N1[C@H](C#N)CC2C[C@@H]21. The molecule has 1 aromatic carbocycles. The van der Waals surface area contributed by atoms with E-state index >= 15 is 0 Å². The molecule has 1 saturated carbocycles. The second-order valence-corrected chi connectivity index (χ2v) is 9.56. The van der Waals surface area contributed by atoms with Crippen LogP contribution in [-0.4, -0.2) is 75.7 Å². The molecule has 3 aliphatic heterocycles. The van der Waals surface area contributed by atoms with Gasteiger partial charge in [-0.1, -0.05) is 12.1 Å². The molecule has 3 saturated heterocycles. The smallest absolute Gasteiger partial charge is 0.248 e. The highest BCUT2D eigenvalue weighted by Gasteiger charge is 2.56. The molecule has 4 fully saturated rings. The van der Waals surface area contributed by atoms with Gasteiger partial charge in [0.15, 0.2) is 0 Å². The van der Waals surface area contributed by atoms with Gasteiger partial charge in [0.25, 0.3) is 0 Å². The molecule has 2 bridgehead atoms. The summed E-state index contributed by atoms with van der Waals surface area (Å²) < 4.78 is 0. The highest BCUT2D eigenvalue weighted by Crippen LogP contribution is 2.48. The molecule has 0 aromatic heterocycles. The van der Waals surface area contributed by atoms with Crippen LogP contribution in [0.2, 0.25) is 0 Å². The summed E-state index contributed by atoms with van der Waals surface area (Å²) in [4.78, 5) is 43.0. The van der Waals surface area contributed by atoms with Crippen molar-refractivity contribution in [2.45, 2.75) is 62.4 Å². The van der Waals surface area contributed by atoms with Crippen molar-refractivity contribution in [2.24, 2.45) is 17.4 Å². The van der Waals surface area contributed by atoms with Crippen LogP contribution in [-0.2, 0) is 9.59 Å². The second kappa shape index (κ2) is 7.57. The Balaban J connectivity index is 1.22. The molecule has 4 aliphatic rings. The molecule has 9 nitrogen and oxygen atoms in total. The summed E-state index contributed by atoms with van der Waals surface area (Å²) in [5.41, 5.74) is 13.0. The van der Waals surface area contributed by atoms with Gasteiger partial charge in [0.05, 0.1) is 24.2 Å². The molecule has 9 heteroatoms. The van der Waals surface area contributed by atoms with E-state index in [4.69, 9.17) is 11.5 Å². The molecule has 4 N–H and O–H groups in total. The first-order valence-corrected chi connectivity index (χ1v) is 11.2. The second-order valence-electron chi connectivity index (χ2n) is 9.56. The van der Waals surface area contributed by atoms with Crippen molar-refractivity contribution in [3.05, 3.63) is 35.4 Å². The van der Waals surface area contributed by atoms with Crippen LogP contribution in [0.15, 0.2) is 24.3 Å². The Labute approximate surface area is 186 Å². The number of carbonyl (C=O) groups is 3. The maximum Gasteiger partial charge on any atom is 0.248 e. The summed E-state index contributed by atoms with van der Waals surface area (Å²) in [5.74, 6) is -0.149. The van der Waals surface area contributed by atoms with Gasteiger partial charge in [-0.15, -0.1) is 0 Å². The van der Waals surface area contributed by atoms with Crippen LogP contribution in [0.1, 0.15) is 48.1 Å². The lowest BCUT2D eigenvalue weighted by molar-refractivity contribution is -0.141. The van der Waals surface area contributed by atoms with Crippen molar-refractivity contribution in [3.63, 3.8) is 0 Å². The Morgan fingerprint density at radius 2 is 1.94 bits per heavy atom. The Hall–Kier alpha value is -2.96. The number of rotatable bonds is 6. The zero-order chi connectivity index (χ0) is 22.7. The molecular weight excluding hydrogens is 408 g/mol. The maximum atomic E-state index is 13.2. The summed E-state index contributed by atoms with van der Waals surface area (Å²) in [7, 11) is 0. The molecule has 3 amide bonds.